The minimum atomic E-state index is -3.72. The van der Waals surface area contributed by atoms with Crippen LogP contribution in [0.1, 0.15) is 29.8 Å². The highest BCUT2D eigenvalue weighted by molar-refractivity contribution is 7.92. The van der Waals surface area contributed by atoms with E-state index in [1.54, 1.807) is 24.3 Å². The molecule has 7 nitrogen and oxygen atoms in total. The first-order valence-corrected chi connectivity index (χ1v) is 10.6. The van der Waals surface area contributed by atoms with Crippen LogP contribution in [0, 0.1) is 0 Å². The maximum atomic E-state index is 12.4. The minimum Gasteiger partial charge on any atom is -0.494 e. The van der Waals surface area contributed by atoms with E-state index in [-0.39, 0.29) is 18.0 Å². The second kappa shape index (κ2) is 9.36. The fourth-order valence-electron chi connectivity index (χ4n) is 2.61. The molecular formula is C20H24N2O5S. The van der Waals surface area contributed by atoms with E-state index in [9.17, 15) is 18.0 Å². The molecule has 0 aromatic heterocycles. The summed E-state index contributed by atoms with van der Waals surface area (Å²) in [5.74, 6) is 0.0108. The third-order valence-corrected chi connectivity index (χ3v) is 5.12. The van der Waals surface area contributed by atoms with E-state index in [1.807, 2.05) is 25.1 Å². The molecule has 1 amide bonds. The highest BCUT2D eigenvalue weighted by Crippen LogP contribution is 2.20. The van der Waals surface area contributed by atoms with E-state index in [0.29, 0.717) is 17.9 Å². The van der Waals surface area contributed by atoms with Crippen molar-refractivity contribution in [3.63, 3.8) is 0 Å². The number of carbonyl (C=O) groups is 2. The smallest absolute Gasteiger partial charge is 0.241 e. The summed E-state index contributed by atoms with van der Waals surface area (Å²) in [6, 6.07) is 13.5. The van der Waals surface area contributed by atoms with Crippen LogP contribution in [0.15, 0.2) is 48.5 Å². The zero-order valence-electron chi connectivity index (χ0n) is 16.1. The molecule has 0 atom stereocenters. The first kappa shape index (κ1) is 21.4. The Balaban J connectivity index is 2.14. The van der Waals surface area contributed by atoms with Crippen molar-refractivity contribution in [2.75, 3.05) is 23.7 Å². The molecule has 150 valence electrons. The molecular weight excluding hydrogens is 380 g/mol. The summed E-state index contributed by atoms with van der Waals surface area (Å²) in [4.78, 5) is 24.0. The Morgan fingerprint density at radius 2 is 1.82 bits per heavy atom. The van der Waals surface area contributed by atoms with Gasteiger partial charge in [-0.1, -0.05) is 30.3 Å². The lowest BCUT2D eigenvalue weighted by atomic mass is 10.1. The summed E-state index contributed by atoms with van der Waals surface area (Å²) in [5, 5.41) is 2.72. The average Bonchev–Trinajstić information content (AvgIpc) is 2.65. The van der Waals surface area contributed by atoms with Crippen molar-refractivity contribution >= 4 is 27.4 Å². The zero-order valence-corrected chi connectivity index (χ0v) is 17.0. The van der Waals surface area contributed by atoms with Crippen LogP contribution in [0.5, 0.6) is 5.75 Å². The minimum absolute atomic E-state index is 0.188. The number of ketones is 1. The lowest BCUT2D eigenvalue weighted by Gasteiger charge is -2.22. The first-order valence-electron chi connectivity index (χ1n) is 8.78. The Labute approximate surface area is 165 Å². The van der Waals surface area contributed by atoms with Crippen LogP contribution in [0.3, 0.4) is 0 Å². The molecule has 0 fully saturated rings. The summed E-state index contributed by atoms with van der Waals surface area (Å²) >= 11 is 0. The molecule has 0 radical (unpaired) electrons. The molecule has 0 unspecified atom stereocenters. The summed E-state index contributed by atoms with van der Waals surface area (Å²) in [6.07, 6.45) is 1.02. The van der Waals surface area contributed by atoms with Gasteiger partial charge >= 0.3 is 0 Å². The van der Waals surface area contributed by atoms with Gasteiger partial charge in [-0.15, -0.1) is 0 Å². The van der Waals surface area contributed by atoms with Gasteiger partial charge in [0.25, 0.3) is 0 Å². The number of ether oxygens (including phenoxy) is 1. The molecule has 28 heavy (non-hydrogen) atoms. The maximum Gasteiger partial charge on any atom is 0.241 e. The van der Waals surface area contributed by atoms with Gasteiger partial charge in [0.1, 0.15) is 12.3 Å². The number of nitrogens with zero attached hydrogens (tertiary/aromatic N) is 1. The molecule has 8 heteroatoms. The van der Waals surface area contributed by atoms with Gasteiger partial charge in [0, 0.05) is 17.7 Å². The number of hydrogen-bond acceptors (Lipinski definition) is 5. The Morgan fingerprint density at radius 3 is 2.46 bits per heavy atom. The van der Waals surface area contributed by atoms with E-state index < -0.39 is 22.5 Å². The lowest BCUT2D eigenvalue weighted by Crippen LogP contribution is -2.40. The van der Waals surface area contributed by atoms with Gasteiger partial charge < -0.3 is 10.1 Å². The molecule has 2 aromatic carbocycles. The van der Waals surface area contributed by atoms with Crippen LogP contribution < -0.4 is 14.4 Å². The third-order valence-electron chi connectivity index (χ3n) is 3.98. The van der Waals surface area contributed by atoms with E-state index >= 15 is 0 Å². The molecule has 2 rings (SSSR count). The van der Waals surface area contributed by atoms with Crippen molar-refractivity contribution in [2.24, 2.45) is 0 Å². The second-order valence-corrected chi connectivity index (χ2v) is 8.10. The number of para-hydroxylation sites is 1. The lowest BCUT2D eigenvalue weighted by molar-refractivity contribution is -0.119. The van der Waals surface area contributed by atoms with Crippen molar-refractivity contribution < 1.29 is 22.7 Å². The van der Waals surface area contributed by atoms with E-state index in [2.05, 4.69) is 5.32 Å². The molecule has 0 heterocycles. The van der Waals surface area contributed by atoms with Crippen molar-refractivity contribution in [2.45, 2.75) is 20.4 Å². The number of nitrogens with one attached hydrogen (secondary N) is 1. The fourth-order valence-corrected chi connectivity index (χ4v) is 3.45. The van der Waals surface area contributed by atoms with Crippen LogP contribution in [-0.2, 0) is 21.4 Å². The number of benzene rings is 2. The van der Waals surface area contributed by atoms with Crippen LogP contribution in [-0.4, -0.2) is 39.5 Å². The third kappa shape index (κ3) is 5.82. The standard InChI is InChI=1S/C20H24N2O5S/c1-4-27-19-11-6-5-8-17(19)13-21-20(24)14-22(28(3,25)26)18-10-7-9-16(12-18)15(2)23/h5-12H,4,13-14H2,1-3H3,(H,21,24). The highest BCUT2D eigenvalue weighted by Gasteiger charge is 2.21. The molecule has 0 aliphatic carbocycles. The molecule has 1 N–H and O–H groups in total. The van der Waals surface area contributed by atoms with E-state index in [4.69, 9.17) is 4.74 Å². The normalized spacial score (nSPS) is 11.0. The average molecular weight is 404 g/mol. The van der Waals surface area contributed by atoms with Gasteiger partial charge in [-0.05, 0) is 32.0 Å². The maximum absolute atomic E-state index is 12.4. The quantitative estimate of drug-likeness (QED) is 0.648. The van der Waals surface area contributed by atoms with Crippen molar-refractivity contribution in [3.05, 3.63) is 59.7 Å². The number of anilines is 1. The van der Waals surface area contributed by atoms with Crippen LogP contribution in [0.4, 0.5) is 5.69 Å². The molecule has 0 saturated carbocycles. The van der Waals surface area contributed by atoms with Crippen molar-refractivity contribution in [3.8, 4) is 5.75 Å². The van der Waals surface area contributed by atoms with Crippen LogP contribution in [0.25, 0.3) is 0 Å². The fraction of sp³-hybridized carbons (Fsp3) is 0.300. The summed E-state index contributed by atoms with van der Waals surface area (Å²) in [6.45, 7) is 3.58. The SMILES string of the molecule is CCOc1ccccc1CNC(=O)CN(c1cccc(C(C)=O)c1)S(C)(=O)=O. The summed E-state index contributed by atoms with van der Waals surface area (Å²) < 4.78 is 30.9. The Morgan fingerprint density at radius 1 is 1.11 bits per heavy atom. The molecule has 0 spiro atoms. The number of rotatable bonds is 9. The number of carbonyl (C=O) groups excluding carboxylic acids is 2. The number of Topliss-reactive ketones (excluding diaryl/α,β-unsaturated/α-hetero) is 1. The predicted octanol–water partition coefficient (Wildman–Crippen LogP) is 2.37. The summed E-state index contributed by atoms with van der Waals surface area (Å²) in [7, 11) is -3.72. The van der Waals surface area contributed by atoms with Gasteiger partial charge in [-0.2, -0.15) is 0 Å². The molecule has 0 saturated heterocycles. The van der Waals surface area contributed by atoms with E-state index in [1.165, 1.54) is 13.0 Å². The highest BCUT2D eigenvalue weighted by atomic mass is 32.2. The van der Waals surface area contributed by atoms with E-state index in [0.717, 1.165) is 16.1 Å². The molecule has 0 aliphatic heterocycles. The first-order chi connectivity index (χ1) is 13.2. The largest absolute Gasteiger partial charge is 0.494 e. The van der Waals surface area contributed by atoms with Crippen molar-refractivity contribution in [1.29, 1.82) is 0 Å². The van der Waals surface area contributed by atoms with Gasteiger partial charge in [0.15, 0.2) is 5.78 Å². The number of amides is 1. The summed E-state index contributed by atoms with van der Waals surface area (Å²) in [5.41, 5.74) is 1.43. The topological polar surface area (TPSA) is 92.8 Å². The number of hydrogen-bond donors (Lipinski definition) is 1. The predicted molar refractivity (Wildman–Crippen MR) is 108 cm³/mol. The molecule has 2 aromatic rings. The molecule has 0 aliphatic rings. The Kier molecular flexibility index (Phi) is 7.17. The van der Waals surface area contributed by atoms with Crippen molar-refractivity contribution in [1.82, 2.24) is 5.32 Å². The Bertz CT molecular complexity index is 957. The van der Waals surface area contributed by atoms with Crippen LogP contribution in [0.2, 0.25) is 0 Å². The van der Waals surface area contributed by atoms with Gasteiger partial charge in [0.2, 0.25) is 15.9 Å². The molecule has 0 bridgehead atoms. The van der Waals surface area contributed by atoms with Crippen LogP contribution >= 0.6 is 0 Å². The number of sulfonamides is 1. The van der Waals surface area contributed by atoms with Gasteiger partial charge in [-0.25, -0.2) is 8.42 Å². The van der Waals surface area contributed by atoms with Gasteiger partial charge in [-0.3, -0.25) is 13.9 Å². The Hall–Kier alpha value is -2.87. The monoisotopic (exact) mass is 404 g/mol. The van der Waals surface area contributed by atoms with Gasteiger partial charge in [0.05, 0.1) is 18.6 Å². The second-order valence-electron chi connectivity index (χ2n) is 6.19. The zero-order chi connectivity index (χ0) is 20.7.